The van der Waals surface area contributed by atoms with E-state index in [1.54, 1.807) is 7.11 Å². The summed E-state index contributed by atoms with van der Waals surface area (Å²) in [6.45, 7) is 7.18. The highest BCUT2D eigenvalue weighted by Gasteiger charge is 2.60. The number of carbonyl (C=O) groups excluding carboxylic acids is 2. The molecule has 2 aliphatic heterocycles. The minimum Gasteiger partial charge on any atom is -0.302 e. The molecule has 1 amide bonds. The first kappa shape index (κ1) is 18.0. The molecule has 1 aromatic rings. The van der Waals surface area contributed by atoms with Crippen molar-refractivity contribution in [1.29, 1.82) is 0 Å². The molecule has 3 rings (SSSR count). The summed E-state index contributed by atoms with van der Waals surface area (Å²) in [7, 11) is 3.08. The number of rotatable bonds is 3. The molecule has 0 saturated carbocycles. The van der Waals surface area contributed by atoms with Gasteiger partial charge in [0.1, 0.15) is 11.5 Å². The van der Waals surface area contributed by atoms with Crippen LogP contribution < -0.4 is 0 Å². The second-order valence-corrected chi connectivity index (χ2v) is 7.05. The third-order valence-corrected chi connectivity index (χ3v) is 5.74. The maximum Gasteiger partial charge on any atom is 0.262 e. The fraction of sp³-hybridized carbons (Fsp3) is 0.579. The predicted molar refractivity (Wildman–Crippen MR) is 92.8 cm³/mol. The van der Waals surface area contributed by atoms with Crippen LogP contribution in [0.3, 0.4) is 0 Å². The lowest BCUT2D eigenvalue weighted by molar-refractivity contribution is -0.219. The summed E-state index contributed by atoms with van der Waals surface area (Å²) in [5, 5.41) is 3.13. The molecule has 0 radical (unpaired) electrons. The minimum absolute atomic E-state index is 0.0542. The molecule has 0 bridgehead atoms. The summed E-state index contributed by atoms with van der Waals surface area (Å²) >= 11 is 0. The SMILES string of the molecule is CON1CCC2(CC1)C(=O)C(c1cc(C)c(C)cc1C)C(=O)N2OC. The largest absolute Gasteiger partial charge is 0.302 e. The first-order valence-corrected chi connectivity index (χ1v) is 8.65. The zero-order valence-corrected chi connectivity index (χ0v) is 15.6. The number of amides is 1. The van der Waals surface area contributed by atoms with E-state index in [4.69, 9.17) is 9.68 Å². The van der Waals surface area contributed by atoms with Crippen molar-refractivity contribution in [1.82, 2.24) is 10.1 Å². The van der Waals surface area contributed by atoms with Gasteiger partial charge in [-0.3, -0.25) is 14.4 Å². The molecule has 1 spiro atoms. The molecule has 6 heteroatoms. The Morgan fingerprint density at radius 1 is 0.960 bits per heavy atom. The maximum absolute atomic E-state index is 13.4. The van der Waals surface area contributed by atoms with Gasteiger partial charge in [0.15, 0.2) is 5.78 Å². The second kappa shape index (κ2) is 6.52. The van der Waals surface area contributed by atoms with Gasteiger partial charge in [-0.25, -0.2) is 5.06 Å². The first-order valence-electron chi connectivity index (χ1n) is 8.65. The standard InChI is InChI=1S/C19H26N2O4/c1-12-10-14(3)15(11-13(12)2)16-17(22)19(21(25-5)18(16)23)6-8-20(24-4)9-7-19/h10-11,16H,6-9H2,1-5H3. The molecule has 6 nitrogen and oxygen atoms in total. The van der Waals surface area contributed by atoms with Gasteiger partial charge in [0.25, 0.3) is 5.91 Å². The third-order valence-electron chi connectivity index (χ3n) is 5.74. The summed E-state index contributed by atoms with van der Waals surface area (Å²) in [6.07, 6.45) is 1.03. The van der Waals surface area contributed by atoms with E-state index >= 15 is 0 Å². The molecule has 25 heavy (non-hydrogen) atoms. The normalized spacial score (nSPS) is 23.7. The van der Waals surface area contributed by atoms with Crippen molar-refractivity contribution in [2.75, 3.05) is 27.3 Å². The van der Waals surface area contributed by atoms with Crippen LogP contribution in [0.1, 0.15) is 41.0 Å². The fourth-order valence-electron chi connectivity index (χ4n) is 4.13. The van der Waals surface area contributed by atoms with Crippen LogP contribution in [0.5, 0.6) is 0 Å². The second-order valence-electron chi connectivity index (χ2n) is 7.05. The van der Waals surface area contributed by atoms with Crippen LogP contribution >= 0.6 is 0 Å². The van der Waals surface area contributed by atoms with E-state index in [-0.39, 0.29) is 11.7 Å². The number of hydrogen-bond acceptors (Lipinski definition) is 5. The topological polar surface area (TPSA) is 59.1 Å². The molecule has 136 valence electrons. The van der Waals surface area contributed by atoms with Crippen molar-refractivity contribution in [3.05, 3.63) is 34.4 Å². The summed E-state index contributed by atoms with van der Waals surface area (Å²) in [5.74, 6) is -1.10. The van der Waals surface area contributed by atoms with Crippen LogP contribution in [0.25, 0.3) is 0 Å². The Balaban J connectivity index is 2.02. The summed E-state index contributed by atoms with van der Waals surface area (Å²) in [4.78, 5) is 37.1. The minimum atomic E-state index is -0.892. The molecule has 0 aromatic heterocycles. The molecule has 1 aromatic carbocycles. The van der Waals surface area contributed by atoms with E-state index < -0.39 is 11.5 Å². The Hall–Kier alpha value is -1.76. The summed E-state index contributed by atoms with van der Waals surface area (Å²) in [5.41, 5.74) is 3.12. The monoisotopic (exact) mass is 346 g/mol. The molecule has 2 aliphatic rings. The fourth-order valence-corrected chi connectivity index (χ4v) is 4.13. The van der Waals surface area contributed by atoms with E-state index in [1.807, 2.05) is 38.0 Å². The van der Waals surface area contributed by atoms with Gasteiger partial charge >= 0.3 is 0 Å². The molecule has 2 fully saturated rings. The van der Waals surface area contributed by atoms with Crippen molar-refractivity contribution in [3.8, 4) is 0 Å². The van der Waals surface area contributed by atoms with Gasteiger partial charge in [0.2, 0.25) is 0 Å². The van der Waals surface area contributed by atoms with Gasteiger partial charge in [-0.15, -0.1) is 0 Å². The average Bonchev–Trinajstić information content (AvgIpc) is 2.79. The number of aryl methyl sites for hydroxylation is 3. The highest BCUT2D eigenvalue weighted by molar-refractivity contribution is 6.17. The Labute approximate surface area is 148 Å². The van der Waals surface area contributed by atoms with Gasteiger partial charge < -0.3 is 4.84 Å². The molecular weight excluding hydrogens is 320 g/mol. The number of hydroxylamine groups is 4. The van der Waals surface area contributed by atoms with Crippen molar-refractivity contribution < 1.29 is 19.3 Å². The van der Waals surface area contributed by atoms with E-state index in [9.17, 15) is 9.59 Å². The number of piperidine rings is 1. The van der Waals surface area contributed by atoms with E-state index in [0.29, 0.717) is 25.9 Å². The molecule has 2 saturated heterocycles. The number of ketones is 1. The van der Waals surface area contributed by atoms with Crippen LogP contribution in [0.15, 0.2) is 12.1 Å². The number of hydrogen-bond donors (Lipinski definition) is 0. The van der Waals surface area contributed by atoms with Gasteiger partial charge in [0, 0.05) is 13.1 Å². The van der Waals surface area contributed by atoms with Crippen LogP contribution in [0.2, 0.25) is 0 Å². The van der Waals surface area contributed by atoms with Crippen LogP contribution in [0, 0.1) is 20.8 Å². The highest BCUT2D eigenvalue weighted by Crippen LogP contribution is 2.44. The molecular formula is C19H26N2O4. The lowest BCUT2D eigenvalue weighted by Crippen LogP contribution is -2.55. The Morgan fingerprint density at radius 2 is 1.56 bits per heavy atom. The quantitative estimate of drug-likeness (QED) is 0.784. The Bertz CT molecular complexity index is 708. The molecule has 0 N–H and O–H groups in total. The van der Waals surface area contributed by atoms with Crippen molar-refractivity contribution in [2.24, 2.45) is 0 Å². The van der Waals surface area contributed by atoms with Crippen LogP contribution in [-0.4, -0.2) is 54.7 Å². The molecule has 0 aliphatic carbocycles. The maximum atomic E-state index is 13.4. The third kappa shape index (κ3) is 2.69. The predicted octanol–water partition coefficient (Wildman–Crippen LogP) is 2.06. The van der Waals surface area contributed by atoms with Crippen molar-refractivity contribution in [3.63, 3.8) is 0 Å². The average molecular weight is 346 g/mol. The highest BCUT2D eigenvalue weighted by atomic mass is 16.7. The number of carbonyl (C=O) groups is 2. The Kier molecular flexibility index (Phi) is 4.70. The van der Waals surface area contributed by atoms with Crippen molar-refractivity contribution >= 4 is 11.7 Å². The first-order chi connectivity index (χ1) is 11.9. The lowest BCUT2D eigenvalue weighted by Gasteiger charge is -2.40. The van der Waals surface area contributed by atoms with E-state index in [0.717, 1.165) is 22.3 Å². The molecule has 2 heterocycles. The molecule has 1 unspecified atom stereocenters. The van der Waals surface area contributed by atoms with Crippen molar-refractivity contribution in [2.45, 2.75) is 45.1 Å². The number of Topliss-reactive ketones (excluding diaryl/α,β-unsaturated/α-hetero) is 1. The summed E-state index contributed by atoms with van der Waals surface area (Å²) < 4.78 is 0. The zero-order valence-electron chi connectivity index (χ0n) is 15.6. The van der Waals surface area contributed by atoms with Gasteiger partial charge in [-0.05, 0) is 55.9 Å². The smallest absolute Gasteiger partial charge is 0.262 e. The van der Waals surface area contributed by atoms with Gasteiger partial charge in [-0.2, -0.15) is 5.06 Å². The van der Waals surface area contributed by atoms with Crippen LogP contribution in [0.4, 0.5) is 0 Å². The van der Waals surface area contributed by atoms with Gasteiger partial charge in [-0.1, -0.05) is 12.1 Å². The number of benzene rings is 1. The lowest BCUT2D eigenvalue weighted by atomic mass is 9.79. The zero-order chi connectivity index (χ0) is 18.4. The van der Waals surface area contributed by atoms with Gasteiger partial charge in [0.05, 0.1) is 14.2 Å². The van der Waals surface area contributed by atoms with E-state index in [1.165, 1.54) is 12.2 Å². The van der Waals surface area contributed by atoms with E-state index in [2.05, 4.69) is 0 Å². The summed E-state index contributed by atoms with van der Waals surface area (Å²) in [6, 6.07) is 4.02. The Morgan fingerprint density at radius 3 is 2.12 bits per heavy atom. The number of nitrogens with zero attached hydrogens (tertiary/aromatic N) is 2. The molecule has 1 atom stereocenters. The van der Waals surface area contributed by atoms with Crippen LogP contribution in [-0.2, 0) is 19.3 Å².